The number of aliphatic hydroxyl groups is 1. The van der Waals surface area contributed by atoms with E-state index in [0.29, 0.717) is 12.1 Å². The van der Waals surface area contributed by atoms with Gasteiger partial charge in [-0.3, -0.25) is 4.79 Å². The van der Waals surface area contributed by atoms with Gasteiger partial charge in [-0.05, 0) is 48.2 Å². The number of hydrogen-bond donors (Lipinski definition) is 1. The van der Waals surface area contributed by atoms with E-state index in [2.05, 4.69) is 0 Å². The van der Waals surface area contributed by atoms with Gasteiger partial charge in [0.2, 0.25) is 5.91 Å². The molecular weight excluding hydrogens is 321 g/mol. The number of ether oxygens (including phenoxy) is 1. The zero-order valence-corrected chi connectivity index (χ0v) is 14.2. The van der Waals surface area contributed by atoms with Crippen LogP contribution in [-0.4, -0.2) is 29.6 Å². The van der Waals surface area contributed by atoms with Crippen LogP contribution in [0.2, 0.25) is 0 Å². The van der Waals surface area contributed by atoms with Crippen molar-refractivity contribution in [2.45, 2.75) is 31.4 Å². The molecular formula is C20H22FNO3. The highest BCUT2D eigenvalue weighted by atomic mass is 19.1. The Labute approximate surface area is 146 Å². The van der Waals surface area contributed by atoms with E-state index < -0.39 is 11.9 Å². The van der Waals surface area contributed by atoms with E-state index in [4.69, 9.17) is 4.74 Å². The number of hydrogen-bond acceptors (Lipinski definition) is 3. The minimum atomic E-state index is -1.000. The first-order valence-electron chi connectivity index (χ1n) is 8.45. The SMILES string of the molecule is COc1ccc(C2CCCN2C(=O)CC(O)c2cccc(F)c2)cc1. The first-order chi connectivity index (χ1) is 12.1. The largest absolute Gasteiger partial charge is 0.497 e. The average Bonchev–Trinajstić information content (AvgIpc) is 3.11. The van der Waals surface area contributed by atoms with E-state index in [1.54, 1.807) is 13.2 Å². The number of methoxy groups -OCH3 is 1. The summed E-state index contributed by atoms with van der Waals surface area (Å²) in [6, 6.07) is 13.5. The van der Waals surface area contributed by atoms with Crippen LogP contribution in [0.25, 0.3) is 0 Å². The fraction of sp³-hybridized carbons (Fsp3) is 0.350. The highest BCUT2D eigenvalue weighted by molar-refractivity contribution is 5.77. The zero-order valence-electron chi connectivity index (χ0n) is 14.2. The molecule has 1 amide bonds. The molecule has 2 aromatic rings. The molecule has 0 saturated carbocycles. The summed E-state index contributed by atoms with van der Waals surface area (Å²) in [7, 11) is 1.62. The minimum Gasteiger partial charge on any atom is -0.497 e. The number of carbonyl (C=O) groups excluding carboxylic acids is 1. The standard InChI is InChI=1S/C20H22FNO3/c1-25-17-9-7-14(8-10-17)18-6-3-11-22(18)20(24)13-19(23)15-4-2-5-16(21)12-15/h2,4-5,7-10,12,18-19,23H,3,6,11,13H2,1H3. The molecule has 0 aliphatic carbocycles. The third-order valence-electron chi connectivity index (χ3n) is 4.68. The Kier molecular flexibility index (Phi) is 5.34. The van der Waals surface area contributed by atoms with E-state index in [1.165, 1.54) is 18.2 Å². The smallest absolute Gasteiger partial charge is 0.226 e. The maximum atomic E-state index is 13.3. The Hall–Kier alpha value is -2.40. The van der Waals surface area contributed by atoms with Gasteiger partial charge < -0.3 is 14.7 Å². The van der Waals surface area contributed by atoms with Gasteiger partial charge in [-0.2, -0.15) is 0 Å². The van der Waals surface area contributed by atoms with Crippen LogP contribution in [-0.2, 0) is 4.79 Å². The van der Waals surface area contributed by atoms with Crippen LogP contribution in [0.1, 0.15) is 42.5 Å². The van der Waals surface area contributed by atoms with Crippen LogP contribution >= 0.6 is 0 Å². The molecule has 1 aliphatic rings. The van der Waals surface area contributed by atoms with Gasteiger partial charge in [0.05, 0.1) is 25.7 Å². The van der Waals surface area contributed by atoms with Gasteiger partial charge in [-0.25, -0.2) is 4.39 Å². The van der Waals surface area contributed by atoms with Crippen molar-refractivity contribution in [1.29, 1.82) is 0 Å². The summed E-state index contributed by atoms with van der Waals surface area (Å²) in [6.07, 6.45) is 0.781. The van der Waals surface area contributed by atoms with Crippen LogP contribution < -0.4 is 4.74 Å². The normalized spacial score (nSPS) is 18.2. The predicted molar refractivity (Wildman–Crippen MR) is 92.7 cm³/mol. The van der Waals surface area contributed by atoms with Gasteiger partial charge in [-0.1, -0.05) is 24.3 Å². The van der Waals surface area contributed by atoms with Crippen molar-refractivity contribution in [3.8, 4) is 5.75 Å². The van der Waals surface area contributed by atoms with Crippen LogP contribution in [0.15, 0.2) is 48.5 Å². The van der Waals surface area contributed by atoms with Crippen molar-refractivity contribution in [3.63, 3.8) is 0 Å². The monoisotopic (exact) mass is 343 g/mol. The summed E-state index contributed by atoms with van der Waals surface area (Å²) in [6.45, 7) is 0.672. The highest BCUT2D eigenvalue weighted by Crippen LogP contribution is 2.34. The van der Waals surface area contributed by atoms with Gasteiger partial charge in [0.1, 0.15) is 11.6 Å². The van der Waals surface area contributed by atoms with Gasteiger partial charge in [0.15, 0.2) is 0 Å². The van der Waals surface area contributed by atoms with E-state index in [-0.39, 0.29) is 18.4 Å². The molecule has 1 fully saturated rings. The lowest BCUT2D eigenvalue weighted by Gasteiger charge is -2.26. The zero-order chi connectivity index (χ0) is 17.8. The molecule has 5 heteroatoms. The molecule has 0 spiro atoms. The van der Waals surface area contributed by atoms with Crippen molar-refractivity contribution in [3.05, 3.63) is 65.5 Å². The molecule has 1 saturated heterocycles. The molecule has 0 radical (unpaired) electrons. The lowest BCUT2D eigenvalue weighted by molar-refractivity contribution is -0.134. The van der Waals surface area contributed by atoms with Crippen LogP contribution in [0.3, 0.4) is 0 Å². The molecule has 3 rings (SSSR count). The molecule has 1 heterocycles. The number of aliphatic hydroxyl groups excluding tert-OH is 1. The molecule has 0 bridgehead atoms. The summed E-state index contributed by atoms with van der Waals surface area (Å²) in [5.74, 6) is 0.248. The van der Waals surface area contributed by atoms with Crippen LogP contribution in [0.5, 0.6) is 5.75 Å². The summed E-state index contributed by atoms with van der Waals surface area (Å²) in [5.41, 5.74) is 1.49. The van der Waals surface area contributed by atoms with Crippen molar-refractivity contribution < 1.29 is 19.0 Å². The highest BCUT2D eigenvalue weighted by Gasteiger charge is 2.31. The molecule has 132 valence electrons. The lowest BCUT2D eigenvalue weighted by Crippen LogP contribution is -2.31. The van der Waals surface area contributed by atoms with Gasteiger partial charge in [0.25, 0.3) is 0 Å². The number of carbonyl (C=O) groups is 1. The van der Waals surface area contributed by atoms with E-state index in [1.807, 2.05) is 29.2 Å². The number of halogens is 1. The molecule has 2 atom stereocenters. The van der Waals surface area contributed by atoms with Crippen molar-refractivity contribution in [1.82, 2.24) is 4.90 Å². The second kappa shape index (κ2) is 7.66. The third-order valence-corrected chi connectivity index (χ3v) is 4.68. The molecule has 1 aliphatic heterocycles. The summed E-state index contributed by atoms with van der Waals surface area (Å²) in [4.78, 5) is 14.5. The molecule has 2 unspecified atom stereocenters. The molecule has 25 heavy (non-hydrogen) atoms. The quantitative estimate of drug-likeness (QED) is 0.902. The summed E-state index contributed by atoms with van der Waals surface area (Å²) in [5, 5.41) is 10.3. The van der Waals surface area contributed by atoms with E-state index >= 15 is 0 Å². The molecule has 4 nitrogen and oxygen atoms in total. The number of likely N-dealkylation sites (tertiary alicyclic amines) is 1. The lowest BCUT2D eigenvalue weighted by atomic mass is 10.0. The molecule has 1 N–H and O–H groups in total. The molecule has 2 aromatic carbocycles. The van der Waals surface area contributed by atoms with E-state index in [0.717, 1.165) is 24.2 Å². The predicted octanol–water partition coefficient (Wildman–Crippen LogP) is 3.62. The van der Waals surface area contributed by atoms with E-state index in [9.17, 15) is 14.3 Å². The van der Waals surface area contributed by atoms with Crippen LogP contribution in [0, 0.1) is 5.82 Å². The van der Waals surface area contributed by atoms with Crippen molar-refractivity contribution in [2.75, 3.05) is 13.7 Å². The Bertz CT molecular complexity index is 732. The van der Waals surface area contributed by atoms with Gasteiger partial charge in [-0.15, -0.1) is 0 Å². The second-order valence-corrected chi connectivity index (χ2v) is 6.29. The van der Waals surface area contributed by atoms with Crippen molar-refractivity contribution in [2.24, 2.45) is 0 Å². The van der Waals surface area contributed by atoms with Crippen molar-refractivity contribution >= 4 is 5.91 Å². The minimum absolute atomic E-state index is 0.0121. The maximum Gasteiger partial charge on any atom is 0.226 e. The Morgan fingerprint density at radius 3 is 2.76 bits per heavy atom. The number of nitrogens with zero attached hydrogens (tertiary/aromatic N) is 1. The topological polar surface area (TPSA) is 49.8 Å². The fourth-order valence-corrected chi connectivity index (χ4v) is 3.35. The Morgan fingerprint density at radius 2 is 2.08 bits per heavy atom. The summed E-state index contributed by atoms with van der Waals surface area (Å²) >= 11 is 0. The van der Waals surface area contributed by atoms with Gasteiger partial charge in [0, 0.05) is 6.54 Å². The molecule has 0 aromatic heterocycles. The van der Waals surface area contributed by atoms with Crippen LogP contribution in [0.4, 0.5) is 4.39 Å². The number of benzene rings is 2. The third kappa shape index (κ3) is 3.99. The first kappa shape index (κ1) is 17.4. The van der Waals surface area contributed by atoms with Gasteiger partial charge >= 0.3 is 0 Å². The fourth-order valence-electron chi connectivity index (χ4n) is 3.35. The first-order valence-corrected chi connectivity index (χ1v) is 8.45. The Morgan fingerprint density at radius 1 is 1.32 bits per heavy atom. The summed E-state index contributed by atoms with van der Waals surface area (Å²) < 4.78 is 18.5. The maximum absolute atomic E-state index is 13.3. The Balaban J connectivity index is 1.69. The average molecular weight is 343 g/mol. The number of amides is 1. The number of rotatable bonds is 5. The second-order valence-electron chi connectivity index (χ2n) is 6.29.